The minimum Gasteiger partial charge on any atom is -0.358 e. The van der Waals surface area contributed by atoms with Crippen LogP contribution in [0.3, 0.4) is 0 Å². The Morgan fingerprint density at radius 3 is 2.73 bits per heavy atom. The van der Waals surface area contributed by atoms with E-state index in [0.29, 0.717) is 21.4 Å². The largest absolute Gasteiger partial charge is 0.404 e. The van der Waals surface area contributed by atoms with Gasteiger partial charge in [0, 0.05) is 5.02 Å². The van der Waals surface area contributed by atoms with E-state index in [1.807, 2.05) is 0 Å². The summed E-state index contributed by atoms with van der Waals surface area (Å²) in [5.74, 6) is -0.757. The maximum atomic E-state index is 12.0. The fourth-order valence-corrected chi connectivity index (χ4v) is 2.58. The fourth-order valence-electron chi connectivity index (χ4n) is 1.70. The minimum absolute atomic E-state index is 0.183. The monoisotopic (exact) mass is 406 g/mol. The summed E-state index contributed by atoms with van der Waals surface area (Å²) in [5, 5.41) is 17.9. The molecule has 0 aliphatic carbocycles. The third-order valence-electron chi connectivity index (χ3n) is 2.79. The predicted octanol–water partition coefficient (Wildman–Crippen LogP) is 3.81. The van der Waals surface area contributed by atoms with Gasteiger partial charge in [0.25, 0.3) is 0 Å². The van der Waals surface area contributed by atoms with E-state index in [-0.39, 0.29) is 16.8 Å². The molecule has 0 unspecified atom stereocenters. The lowest BCUT2D eigenvalue weighted by Gasteiger charge is -2.07. The van der Waals surface area contributed by atoms with Crippen LogP contribution in [-0.4, -0.2) is 20.6 Å². The van der Waals surface area contributed by atoms with Crippen LogP contribution in [0, 0.1) is 17.0 Å². The summed E-state index contributed by atoms with van der Waals surface area (Å²) in [4.78, 5) is 22.2. The van der Waals surface area contributed by atoms with E-state index in [4.69, 9.17) is 23.2 Å². The van der Waals surface area contributed by atoms with Crippen LogP contribution in [0.2, 0.25) is 10.0 Å². The first kappa shape index (κ1) is 16.7. The van der Waals surface area contributed by atoms with Crippen molar-refractivity contribution in [2.45, 2.75) is 13.5 Å². The summed E-state index contributed by atoms with van der Waals surface area (Å²) in [7, 11) is 0. The van der Waals surface area contributed by atoms with Gasteiger partial charge in [-0.25, -0.2) is 0 Å². The average molecular weight is 408 g/mol. The minimum atomic E-state index is -0.623. The zero-order valence-electron chi connectivity index (χ0n) is 11.1. The van der Waals surface area contributed by atoms with Crippen molar-refractivity contribution in [3.05, 3.63) is 48.5 Å². The first-order valence-corrected chi connectivity index (χ1v) is 7.46. The summed E-state index contributed by atoms with van der Waals surface area (Å²) in [6.45, 7) is 1.43. The van der Waals surface area contributed by atoms with Gasteiger partial charge in [0.05, 0.1) is 21.5 Å². The van der Waals surface area contributed by atoms with Gasteiger partial charge in [-0.15, -0.1) is 0 Å². The molecule has 10 heteroatoms. The van der Waals surface area contributed by atoms with Gasteiger partial charge in [-0.05, 0) is 46.0 Å². The van der Waals surface area contributed by atoms with Crippen molar-refractivity contribution in [2.24, 2.45) is 0 Å². The third kappa shape index (κ3) is 3.57. The lowest BCUT2D eigenvalue weighted by atomic mass is 10.3. The second-order valence-corrected chi connectivity index (χ2v) is 5.95. The number of carbonyl (C=O) groups excluding carboxylic acids is 1. The van der Waals surface area contributed by atoms with Crippen molar-refractivity contribution in [1.29, 1.82) is 0 Å². The highest BCUT2D eigenvalue weighted by Gasteiger charge is 2.24. The molecule has 1 heterocycles. The molecule has 0 saturated heterocycles. The maximum absolute atomic E-state index is 12.0. The molecule has 2 rings (SSSR count). The molecule has 7 nitrogen and oxygen atoms in total. The number of carbonyl (C=O) groups is 1. The molecule has 0 fully saturated rings. The molecule has 1 aromatic carbocycles. The number of anilines is 1. The van der Waals surface area contributed by atoms with Gasteiger partial charge in [0.15, 0.2) is 0 Å². The molecular weight excluding hydrogens is 399 g/mol. The standard InChI is InChI=1S/C12H9BrCl2N4O3/c1-6-11(13)12(19(21)22)17-18(6)5-10(20)16-9-3-2-7(14)4-8(9)15/h2-4H,5H2,1H3,(H,16,20). The molecule has 0 saturated carbocycles. The Labute approximate surface area is 143 Å². The molecule has 0 atom stereocenters. The Balaban J connectivity index is 2.16. The number of benzene rings is 1. The first-order chi connectivity index (χ1) is 10.3. The molecule has 0 bridgehead atoms. The Kier molecular flexibility index (Phi) is 5.05. The van der Waals surface area contributed by atoms with Crippen LogP contribution in [-0.2, 0) is 11.3 Å². The number of hydrogen-bond acceptors (Lipinski definition) is 4. The van der Waals surface area contributed by atoms with Crippen molar-refractivity contribution < 1.29 is 9.72 Å². The van der Waals surface area contributed by atoms with Crippen molar-refractivity contribution in [3.8, 4) is 0 Å². The normalized spacial score (nSPS) is 10.5. The Morgan fingerprint density at radius 2 is 2.18 bits per heavy atom. The van der Waals surface area contributed by atoms with E-state index in [1.165, 1.54) is 10.7 Å². The highest BCUT2D eigenvalue weighted by Crippen LogP contribution is 2.28. The predicted molar refractivity (Wildman–Crippen MR) is 86.4 cm³/mol. The van der Waals surface area contributed by atoms with Crippen molar-refractivity contribution in [2.75, 3.05) is 5.32 Å². The Morgan fingerprint density at radius 1 is 1.50 bits per heavy atom. The lowest BCUT2D eigenvalue weighted by molar-refractivity contribution is -0.390. The van der Waals surface area contributed by atoms with Gasteiger partial charge in [-0.2, -0.15) is 4.68 Å². The van der Waals surface area contributed by atoms with E-state index < -0.39 is 10.8 Å². The van der Waals surface area contributed by atoms with Crippen LogP contribution >= 0.6 is 39.1 Å². The molecule has 0 aliphatic rings. The smallest absolute Gasteiger partial charge is 0.358 e. The van der Waals surface area contributed by atoms with E-state index in [2.05, 4.69) is 26.3 Å². The van der Waals surface area contributed by atoms with Gasteiger partial charge in [-0.1, -0.05) is 23.2 Å². The second-order valence-electron chi connectivity index (χ2n) is 4.31. The summed E-state index contributed by atoms with van der Waals surface area (Å²) in [6, 6.07) is 4.65. The highest BCUT2D eigenvalue weighted by molar-refractivity contribution is 9.10. The van der Waals surface area contributed by atoms with Gasteiger partial charge in [-0.3, -0.25) is 4.79 Å². The molecule has 1 amide bonds. The lowest BCUT2D eigenvalue weighted by Crippen LogP contribution is -2.20. The molecule has 1 N–H and O–H groups in total. The quantitative estimate of drug-likeness (QED) is 0.616. The Bertz CT molecular complexity index is 763. The summed E-state index contributed by atoms with van der Waals surface area (Å²) >= 11 is 14.8. The second kappa shape index (κ2) is 6.64. The van der Waals surface area contributed by atoms with Crippen LogP contribution in [0.15, 0.2) is 22.7 Å². The molecule has 1 aromatic heterocycles. The number of aromatic nitrogens is 2. The molecule has 0 aliphatic heterocycles. The zero-order valence-corrected chi connectivity index (χ0v) is 14.2. The first-order valence-electron chi connectivity index (χ1n) is 5.91. The Hall–Kier alpha value is -1.64. The summed E-state index contributed by atoms with van der Waals surface area (Å²) < 4.78 is 1.48. The summed E-state index contributed by atoms with van der Waals surface area (Å²) in [6.07, 6.45) is 0. The average Bonchev–Trinajstić information content (AvgIpc) is 2.70. The highest BCUT2D eigenvalue weighted by atomic mass is 79.9. The number of nitro groups is 1. The van der Waals surface area contributed by atoms with E-state index in [9.17, 15) is 14.9 Å². The van der Waals surface area contributed by atoms with E-state index in [1.54, 1.807) is 19.1 Å². The van der Waals surface area contributed by atoms with Crippen LogP contribution in [0.25, 0.3) is 0 Å². The molecule has 22 heavy (non-hydrogen) atoms. The number of nitrogens with one attached hydrogen (secondary N) is 1. The fraction of sp³-hybridized carbons (Fsp3) is 0.167. The van der Waals surface area contributed by atoms with Crippen LogP contribution < -0.4 is 5.32 Å². The van der Waals surface area contributed by atoms with Crippen LogP contribution in [0.4, 0.5) is 11.5 Å². The molecule has 0 spiro atoms. The van der Waals surface area contributed by atoms with Gasteiger partial charge < -0.3 is 15.4 Å². The number of halogens is 3. The SMILES string of the molecule is Cc1c(Br)c([N+](=O)[O-])nn1CC(=O)Nc1ccc(Cl)cc1Cl. The number of rotatable bonds is 4. The number of amides is 1. The summed E-state index contributed by atoms with van der Waals surface area (Å²) in [5.41, 5.74) is 0.874. The topological polar surface area (TPSA) is 90.1 Å². The van der Waals surface area contributed by atoms with Gasteiger partial charge in [0.2, 0.25) is 5.91 Å². The van der Waals surface area contributed by atoms with Crippen LogP contribution in [0.1, 0.15) is 5.69 Å². The molecule has 2 aromatic rings. The van der Waals surface area contributed by atoms with Crippen molar-refractivity contribution in [1.82, 2.24) is 9.78 Å². The van der Waals surface area contributed by atoms with Crippen LogP contribution in [0.5, 0.6) is 0 Å². The maximum Gasteiger partial charge on any atom is 0.404 e. The zero-order chi connectivity index (χ0) is 16.4. The number of hydrogen-bond donors (Lipinski definition) is 1. The van der Waals surface area contributed by atoms with E-state index in [0.717, 1.165) is 0 Å². The van der Waals surface area contributed by atoms with Gasteiger partial charge >= 0.3 is 5.82 Å². The van der Waals surface area contributed by atoms with Crippen molar-refractivity contribution >= 4 is 56.5 Å². The third-order valence-corrected chi connectivity index (χ3v) is 4.26. The molecule has 0 radical (unpaired) electrons. The molecule has 116 valence electrons. The van der Waals surface area contributed by atoms with Crippen molar-refractivity contribution in [3.63, 3.8) is 0 Å². The number of nitrogens with zero attached hydrogens (tertiary/aromatic N) is 3. The molecular formula is C12H9BrCl2N4O3. The van der Waals surface area contributed by atoms with E-state index >= 15 is 0 Å². The van der Waals surface area contributed by atoms with Gasteiger partial charge in [0.1, 0.15) is 11.0 Å².